The predicted molar refractivity (Wildman–Crippen MR) is 85.8 cm³/mol. The molecule has 0 aromatic heterocycles. The Labute approximate surface area is 130 Å². The van der Waals surface area contributed by atoms with Gasteiger partial charge in [-0.1, -0.05) is 41.4 Å². The number of nitrogens with two attached hydrogens (primary N) is 1. The smallest absolute Gasteiger partial charge is 0.141 e. The number of nitrogens with one attached hydrogen (secondary N) is 1. The van der Waals surface area contributed by atoms with Crippen molar-refractivity contribution in [3.8, 4) is 0 Å². The summed E-state index contributed by atoms with van der Waals surface area (Å²) in [5, 5.41) is 0.148. The fourth-order valence-electron chi connectivity index (χ4n) is 2.43. The van der Waals surface area contributed by atoms with Gasteiger partial charge in [0.15, 0.2) is 0 Å². The molecule has 4 heteroatoms. The molecule has 1 unspecified atom stereocenters. The van der Waals surface area contributed by atoms with E-state index in [1.807, 2.05) is 0 Å². The van der Waals surface area contributed by atoms with E-state index in [1.165, 1.54) is 22.8 Å². The standard InChI is InChI=1S/C17H20ClFN2/c1-11-3-4-12(2)14(7-11)10-15(21-20)8-13-5-6-17(19)16(18)9-13/h3-7,9,15,21H,8,10,20H2,1-2H3. The van der Waals surface area contributed by atoms with E-state index in [9.17, 15) is 4.39 Å². The maximum Gasteiger partial charge on any atom is 0.141 e. The maximum absolute atomic E-state index is 13.2. The van der Waals surface area contributed by atoms with E-state index in [4.69, 9.17) is 17.4 Å². The Balaban J connectivity index is 2.12. The first kappa shape index (κ1) is 16.0. The number of benzene rings is 2. The SMILES string of the molecule is Cc1ccc(C)c(CC(Cc2ccc(F)c(Cl)c2)NN)c1. The summed E-state index contributed by atoms with van der Waals surface area (Å²) >= 11 is 5.82. The van der Waals surface area contributed by atoms with E-state index in [0.717, 1.165) is 12.0 Å². The van der Waals surface area contributed by atoms with Crippen LogP contribution in [0.1, 0.15) is 22.3 Å². The lowest BCUT2D eigenvalue weighted by atomic mass is 9.95. The quantitative estimate of drug-likeness (QED) is 0.653. The average molecular weight is 307 g/mol. The van der Waals surface area contributed by atoms with Gasteiger partial charge in [0, 0.05) is 6.04 Å². The molecule has 0 aliphatic heterocycles. The van der Waals surface area contributed by atoms with Gasteiger partial charge in [0.1, 0.15) is 5.82 Å². The zero-order valence-electron chi connectivity index (χ0n) is 12.3. The Bertz CT molecular complexity index is 628. The molecule has 0 saturated heterocycles. The first-order valence-corrected chi connectivity index (χ1v) is 7.33. The molecule has 0 spiro atoms. The molecule has 0 aliphatic rings. The van der Waals surface area contributed by atoms with Gasteiger partial charge in [-0.25, -0.2) is 4.39 Å². The lowest BCUT2D eigenvalue weighted by Crippen LogP contribution is -2.38. The van der Waals surface area contributed by atoms with Crippen LogP contribution in [-0.2, 0) is 12.8 Å². The summed E-state index contributed by atoms with van der Waals surface area (Å²) in [5.41, 5.74) is 7.56. The minimum atomic E-state index is -0.396. The molecule has 21 heavy (non-hydrogen) atoms. The molecule has 0 radical (unpaired) electrons. The van der Waals surface area contributed by atoms with Gasteiger partial charge in [-0.2, -0.15) is 0 Å². The van der Waals surface area contributed by atoms with Crippen LogP contribution in [0, 0.1) is 19.7 Å². The molecule has 0 fully saturated rings. The van der Waals surface area contributed by atoms with Crippen LogP contribution in [0.5, 0.6) is 0 Å². The second-order valence-corrected chi connectivity index (χ2v) is 5.86. The van der Waals surface area contributed by atoms with Crippen molar-refractivity contribution in [3.63, 3.8) is 0 Å². The molecule has 2 aromatic carbocycles. The molecule has 112 valence electrons. The second kappa shape index (κ2) is 7.03. The summed E-state index contributed by atoms with van der Waals surface area (Å²) in [4.78, 5) is 0. The van der Waals surface area contributed by atoms with Crippen molar-refractivity contribution in [2.24, 2.45) is 5.84 Å². The predicted octanol–water partition coefficient (Wildman–Crippen LogP) is 3.71. The Morgan fingerprint density at radius 2 is 1.90 bits per heavy atom. The number of hydrogen-bond acceptors (Lipinski definition) is 2. The zero-order chi connectivity index (χ0) is 15.4. The summed E-state index contributed by atoms with van der Waals surface area (Å²) in [6, 6.07) is 11.3. The minimum absolute atomic E-state index is 0.0760. The third-order valence-electron chi connectivity index (χ3n) is 3.67. The van der Waals surface area contributed by atoms with E-state index >= 15 is 0 Å². The number of rotatable bonds is 5. The van der Waals surface area contributed by atoms with Gasteiger partial charge in [-0.15, -0.1) is 0 Å². The van der Waals surface area contributed by atoms with Gasteiger partial charge >= 0.3 is 0 Å². The molecule has 2 rings (SSSR count). The second-order valence-electron chi connectivity index (χ2n) is 5.45. The van der Waals surface area contributed by atoms with Crippen molar-refractivity contribution in [2.45, 2.75) is 32.7 Å². The van der Waals surface area contributed by atoms with Crippen molar-refractivity contribution < 1.29 is 4.39 Å². The Morgan fingerprint density at radius 3 is 2.57 bits per heavy atom. The number of aryl methyl sites for hydroxylation is 2. The molecule has 0 aliphatic carbocycles. The highest BCUT2D eigenvalue weighted by molar-refractivity contribution is 6.30. The summed E-state index contributed by atoms with van der Waals surface area (Å²) < 4.78 is 13.2. The van der Waals surface area contributed by atoms with Crippen molar-refractivity contribution in [3.05, 3.63) is 69.5 Å². The van der Waals surface area contributed by atoms with Crippen LogP contribution in [0.15, 0.2) is 36.4 Å². The summed E-state index contributed by atoms with van der Waals surface area (Å²) in [6.07, 6.45) is 1.52. The van der Waals surface area contributed by atoms with Crippen LogP contribution in [0.2, 0.25) is 5.02 Å². The van der Waals surface area contributed by atoms with Gasteiger partial charge < -0.3 is 0 Å². The van der Waals surface area contributed by atoms with Crippen LogP contribution in [-0.4, -0.2) is 6.04 Å². The summed E-state index contributed by atoms with van der Waals surface area (Å²) in [6.45, 7) is 4.17. The number of hydrogen-bond donors (Lipinski definition) is 2. The molecule has 1 atom stereocenters. The number of hydrazine groups is 1. The molecule has 0 heterocycles. The topological polar surface area (TPSA) is 38.0 Å². The van der Waals surface area contributed by atoms with E-state index in [2.05, 4.69) is 37.5 Å². The Kier molecular flexibility index (Phi) is 5.34. The maximum atomic E-state index is 13.2. The van der Waals surface area contributed by atoms with E-state index in [1.54, 1.807) is 12.1 Å². The van der Waals surface area contributed by atoms with E-state index in [-0.39, 0.29) is 11.1 Å². The van der Waals surface area contributed by atoms with Crippen molar-refractivity contribution in [1.82, 2.24) is 5.43 Å². The molecule has 0 bridgehead atoms. The van der Waals surface area contributed by atoms with Gasteiger partial charge in [0.2, 0.25) is 0 Å². The normalized spacial score (nSPS) is 12.4. The molecule has 0 amide bonds. The van der Waals surface area contributed by atoms with E-state index < -0.39 is 5.82 Å². The summed E-state index contributed by atoms with van der Waals surface area (Å²) in [7, 11) is 0. The minimum Gasteiger partial charge on any atom is -0.271 e. The van der Waals surface area contributed by atoms with Gasteiger partial charge in [-0.05, 0) is 55.5 Å². The van der Waals surface area contributed by atoms with E-state index in [0.29, 0.717) is 6.42 Å². The summed E-state index contributed by atoms with van der Waals surface area (Å²) in [5.74, 6) is 5.27. The molecule has 0 saturated carbocycles. The van der Waals surface area contributed by atoms with Gasteiger partial charge in [-0.3, -0.25) is 11.3 Å². The first-order chi connectivity index (χ1) is 9.99. The third-order valence-corrected chi connectivity index (χ3v) is 3.96. The van der Waals surface area contributed by atoms with Crippen LogP contribution in [0.4, 0.5) is 4.39 Å². The highest BCUT2D eigenvalue weighted by atomic mass is 35.5. The monoisotopic (exact) mass is 306 g/mol. The number of halogens is 2. The van der Waals surface area contributed by atoms with Crippen LogP contribution < -0.4 is 11.3 Å². The largest absolute Gasteiger partial charge is 0.271 e. The molecular weight excluding hydrogens is 287 g/mol. The third kappa shape index (κ3) is 4.27. The molecule has 2 nitrogen and oxygen atoms in total. The van der Waals surface area contributed by atoms with Gasteiger partial charge in [0.25, 0.3) is 0 Å². The molecule has 2 aromatic rings. The highest BCUT2D eigenvalue weighted by Gasteiger charge is 2.12. The zero-order valence-corrected chi connectivity index (χ0v) is 13.0. The highest BCUT2D eigenvalue weighted by Crippen LogP contribution is 2.19. The Morgan fingerprint density at radius 1 is 1.14 bits per heavy atom. The lowest BCUT2D eigenvalue weighted by Gasteiger charge is -2.18. The molecular formula is C17H20ClFN2. The van der Waals surface area contributed by atoms with Crippen LogP contribution in [0.25, 0.3) is 0 Å². The van der Waals surface area contributed by atoms with Crippen molar-refractivity contribution in [2.75, 3.05) is 0 Å². The van der Waals surface area contributed by atoms with Crippen molar-refractivity contribution in [1.29, 1.82) is 0 Å². The first-order valence-electron chi connectivity index (χ1n) is 6.95. The van der Waals surface area contributed by atoms with Crippen molar-refractivity contribution >= 4 is 11.6 Å². The Hall–Kier alpha value is -1.42. The van der Waals surface area contributed by atoms with Gasteiger partial charge in [0.05, 0.1) is 5.02 Å². The molecule has 3 N–H and O–H groups in total. The fraction of sp³-hybridized carbons (Fsp3) is 0.294. The lowest BCUT2D eigenvalue weighted by molar-refractivity contribution is 0.521. The average Bonchev–Trinajstić information content (AvgIpc) is 2.46. The van der Waals surface area contributed by atoms with Crippen LogP contribution >= 0.6 is 11.6 Å². The van der Waals surface area contributed by atoms with Crippen LogP contribution in [0.3, 0.4) is 0 Å². The fourth-order valence-corrected chi connectivity index (χ4v) is 2.63.